The first-order valence-corrected chi connectivity index (χ1v) is 12.7. The van der Waals surface area contributed by atoms with Gasteiger partial charge in [0.25, 0.3) is 0 Å². The lowest BCUT2D eigenvalue weighted by atomic mass is 10.1. The molecule has 4 atom stereocenters. The second kappa shape index (κ2) is 14.9. The number of carbonyl (C=O) groups excluding carboxylic acids is 3. The Morgan fingerprint density at radius 1 is 1.18 bits per heavy atom. The van der Waals surface area contributed by atoms with Gasteiger partial charge < -0.3 is 37.8 Å². The monoisotopic (exact) mass is 505 g/mol. The van der Waals surface area contributed by atoms with Crippen molar-refractivity contribution in [2.45, 2.75) is 56.3 Å². The number of rotatable bonds is 14. The highest BCUT2D eigenvalue weighted by Gasteiger charge is 2.38. The molecule has 0 radical (unpaired) electrons. The number of hydrogen-bond acceptors (Lipinski definition) is 8. The Labute approximate surface area is 203 Å². The maximum absolute atomic E-state index is 13.2. The van der Waals surface area contributed by atoms with Crippen LogP contribution in [0.3, 0.4) is 0 Å². The lowest BCUT2D eigenvalue weighted by Gasteiger charge is -2.29. The van der Waals surface area contributed by atoms with Crippen LogP contribution in [-0.2, 0) is 19.2 Å². The van der Waals surface area contributed by atoms with Gasteiger partial charge in [0, 0.05) is 18.8 Å². The molecular formula is C19H35N7O5S2. The fourth-order valence-corrected chi connectivity index (χ4v) is 4.02. The number of likely N-dealkylation sites (tertiary alicyclic amines) is 1. The lowest BCUT2D eigenvalue weighted by Crippen LogP contribution is -2.57. The Kier molecular flexibility index (Phi) is 13.0. The van der Waals surface area contributed by atoms with E-state index in [0.717, 1.165) is 0 Å². The summed E-state index contributed by atoms with van der Waals surface area (Å²) in [6, 6.07) is -3.71. The number of amides is 3. The summed E-state index contributed by atoms with van der Waals surface area (Å²) in [6.07, 6.45) is 3.69. The normalized spacial score (nSPS) is 18.2. The number of nitrogens with two attached hydrogens (primary N) is 3. The lowest BCUT2D eigenvalue weighted by molar-refractivity contribution is -0.149. The smallest absolute Gasteiger partial charge is 0.326 e. The number of hydrogen-bond donors (Lipinski definition) is 7. The molecule has 1 fully saturated rings. The van der Waals surface area contributed by atoms with Crippen molar-refractivity contribution in [1.82, 2.24) is 15.5 Å². The highest BCUT2D eigenvalue weighted by Crippen LogP contribution is 2.20. The molecule has 0 aromatic carbocycles. The largest absolute Gasteiger partial charge is 0.480 e. The predicted octanol–water partition coefficient (Wildman–Crippen LogP) is -1.90. The highest BCUT2D eigenvalue weighted by molar-refractivity contribution is 7.98. The number of carboxylic acids is 1. The first-order chi connectivity index (χ1) is 15.6. The third kappa shape index (κ3) is 9.68. The van der Waals surface area contributed by atoms with E-state index in [-0.39, 0.29) is 24.7 Å². The molecule has 0 aromatic rings. The first kappa shape index (κ1) is 28.8. The third-order valence-corrected chi connectivity index (χ3v) is 6.20. The number of guanidine groups is 1. The summed E-state index contributed by atoms with van der Waals surface area (Å²) >= 11 is 5.50. The van der Waals surface area contributed by atoms with Crippen LogP contribution in [0.15, 0.2) is 4.99 Å². The van der Waals surface area contributed by atoms with E-state index in [0.29, 0.717) is 38.0 Å². The molecule has 3 amide bonds. The molecule has 188 valence electrons. The van der Waals surface area contributed by atoms with E-state index in [9.17, 15) is 24.3 Å². The Morgan fingerprint density at radius 2 is 1.85 bits per heavy atom. The predicted molar refractivity (Wildman–Crippen MR) is 131 cm³/mol. The Morgan fingerprint density at radius 3 is 2.42 bits per heavy atom. The molecule has 12 nitrogen and oxygen atoms in total. The average Bonchev–Trinajstić information content (AvgIpc) is 3.27. The van der Waals surface area contributed by atoms with Gasteiger partial charge in [0.2, 0.25) is 17.7 Å². The molecule has 33 heavy (non-hydrogen) atoms. The van der Waals surface area contributed by atoms with Gasteiger partial charge in [-0.3, -0.25) is 19.4 Å². The number of nitrogens with one attached hydrogen (secondary N) is 2. The molecule has 0 aliphatic carbocycles. The van der Waals surface area contributed by atoms with Crippen LogP contribution < -0.4 is 27.8 Å². The van der Waals surface area contributed by atoms with Crippen LogP contribution >= 0.6 is 24.4 Å². The number of nitrogens with zero attached hydrogens (tertiary/aromatic N) is 2. The van der Waals surface area contributed by atoms with Gasteiger partial charge in [-0.15, -0.1) is 0 Å². The van der Waals surface area contributed by atoms with Crippen molar-refractivity contribution >= 4 is 54.0 Å². The molecule has 0 spiro atoms. The van der Waals surface area contributed by atoms with Gasteiger partial charge in [-0.1, -0.05) is 0 Å². The second-order valence-corrected chi connectivity index (χ2v) is 9.02. The molecule has 14 heteroatoms. The Hall–Kier alpha value is -2.19. The van der Waals surface area contributed by atoms with Gasteiger partial charge in [-0.05, 0) is 44.1 Å². The van der Waals surface area contributed by atoms with E-state index in [4.69, 9.17) is 17.2 Å². The van der Waals surface area contributed by atoms with Gasteiger partial charge in [0.05, 0.1) is 6.04 Å². The Bertz CT molecular complexity index is 721. The summed E-state index contributed by atoms with van der Waals surface area (Å²) in [5.74, 6) is -2.03. The van der Waals surface area contributed by atoms with E-state index < -0.39 is 47.9 Å². The maximum atomic E-state index is 13.2. The summed E-state index contributed by atoms with van der Waals surface area (Å²) in [4.78, 5) is 55.1. The second-order valence-electron chi connectivity index (χ2n) is 7.67. The van der Waals surface area contributed by atoms with E-state index in [1.54, 1.807) is 0 Å². The van der Waals surface area contributed by atoms with Crippen LogP contribution in [0.1, 0.15) is 32.1 Å². The molecule has 0 saturated carbocycles. The fraction of sp³-hybridized carbons (Fsp3) is 0.737. The number of carbonyl (C=O) groups is 4. The van der Waals surface area contributed by atoms with E-state index in [1.807, 2.05) is 6.26 Å². The number of thioether (sulfide) groups is 1. The quantitative estimate of drug-likeness (QED) is 0.0608. The zero-order chi connectivity index (χ0) is 25.0. The van der Waals surface area contributed by atoms with Gasteiger partial charge >= 0.3 is 5.97 Å². The van der Waals surface area contributed by atoms with Crippen molar-refractivity contribution in [2.75, 3.05) is 30.9 Å². The number of aliphatic imine (C=N–C) groups is 1. The van der Waals surface area contributed by atoms with Crippen LogP contribution in [0.5, 0.6) is 0 Å². The Balaban J connectivity index is 3.00. The van der Waals surface area contributed by atoms with Gasteiger partial charge in [-0.25, -0.2) is 4.79 Å². The van der Waals surface area contributed by atoms with Crippen molar-refractivity contribution < 1.29 is 24.3 Å². The molecule has 1 saturated heterocycles. The first-order valence-electron chi connectivity index (χ1n) is 10.7. The van der Waals surface area contributed by atoms with Gasteiger partial charge in [0.1, 0.15) is 18.1 Å². The molecule has 0 bridgehead atoms. The van der Waals surface area contributed by atoms with E-state index in [2.05, 4.69) is 28.3 Å². The van der Waals surface area contributed by atoms with Crippen LogP contribution in [-0.4, -0.2) is 94.7 Å². The molecule has 4 unspecified atom stereocenters. The fourth-order valence-electron chi connectivity index (χ4n) is 3.39. The standard InChI is InChI=1S/C19H35N7O5S2/c1-33-9-6-12(24-15(27)11(20)10-32)16(28)25-13(4-2-7-23-19(21)22)17(29)26-8-3-5-14(26)18(30)31/h11-14,32H,2-10,20H2,1H3,(H,24,27)(H,25,28)(H,30,31)(H4,21,22,23). The maximum Gasteiger partial charge on any atom is 0.326 e. The SMILES string of the molecule is CSCCC(NC(=O)C(N)CS)C(=O)NC(CCCN=C(N)N)C(=O)N1CCCC1C(=O)O. The number of carboxylic acid groups (broad SMARTS) is 1. The van der Waals surface area contributed by atoms with Gasteiger partial charge in [0.15, 0.2) is 5.96 Å². The molecular weight excluding hydrogens is 470 g/mol. The van der Waals surface area contributed by atoms with E-state index in [1.165, 1.54) is 16.7 Å². The molecule has 1 aliphatic rings. The van der Waals surface area contributed by atoms with Gasteiger partial charge in [-0.2, -0.15) is 24.4 Å². The summed E-state index contributed by atoms with van der Waals surface area (Å²) in [5, 5.41) is 14.7. The summed E-state index contributed by atoms with van der Waals surface area (Å²) in [5.41, 5.74) is 16.4. The van der Waals surface area contributed by atoms with Crippen LogP contribution in [0.25, 0.3) is 0 Å². The average molecular weight is 506 g/mol. The van der Waals surface area contributed by atoms with Crippen LogP contribution in [0.4, 0.5) is 0 Å². The minimum atomic E-state index is -1.09. The topological polar surface area (TPSA) is 206 Å². The van der Waals surface area contributed by atoms with Crippen molar-refractivity contribution in [3.63, 3.8) is 0 Å². The van der Waals surface area contributed by atoms with Crippen molar-refractivity contribution in [2.24, 2.45) is 22.2 Å². The van der Waals surface area contributed by atoms with Crippen molar-refractivity contribution in [3.05, 3.63) is 0 Å². The third-order valence-electron chi connectivity index (χ3n) is 5.16. The number of thiol groups is 1. The molecule has 1 heterocycles. The minimum Gasteiger partial charge on any atom is -0.480 e. The number of aliphatic carboxylic acids is 1. The minimum absolute atomic E-state index is 0.0900. The zero-order valence-electron chi connectivity index (χ0n) is 18.7. The van der Waals surface area contributed by atoms with Crippen LogP contribution in [0.2, 0.25) is 0 Å². The molecule has 1 rings (SSSR count). The molecule has 9 N–H and O–H groups in total. The summed E-state index contributed by atoms with van der Waals surface area (Å²) in [6.45, 7) is 0.535. The van der Waals surface area contributed by atoms with Crippen molar-refractivity contribution in [1.29, 1.82) is 0 Å². The van der Waals surface area contributed by atoms with E-state index >= 15 is 0 Å². The van der Waals surface area contributed by atoms with Crippen LogP contribution in [0, 0.1) is 0 Å². The zero-order valence-corrected chi connectivity index (χ0v) is 20.4. The summed E-state index contributed by atoms with van der Waals surface area (Å²) < 4.78 is 0. The summed E-state index contributed by atoms with van der Waals surface area (Å²) in [7, 11) is 0. The van der Waals surface area contributed by atoms with Crippen molar-refractivity contribution in [3.8, 4) is 0 Å². The molecule has 0 aromatic heterocycles. The molecule has 1 aliphatic heterocycles. The highest BCUT2D eigenvalue weighted by atomic mass is 32.2.